The van der Waals surface area contributed by atoms with Gasteiger partial charge >= 0.3 is 0 Å². The predicted molar refractivity (Wildman–Crippen MR) is 54.2 cm³/mol. The first-order valence-corrected chi connectivity index (χ1v) is 5.86. The van der Waals surface area contributed by atoms with Crippen LogP contribution in [0.1, 0.15) is 33.6 Å². The van der Waals surface area contributed by atoms with Crippen LogP contribution in [0.5, 0.6) is 0 Å². The molecule has 3 fully saturated rings. The number of hydrogen-bond acceptors (Lipinski definition) is 3. The van der Waals surface area contributed by atoms with E-state index in [1.165, 1.54) is 0 Å². The molecule has 3 rings (SSSR count). The number of carbonyl (C=O) groups excluding carboxylic acids is 1. The number of fused-ring (bicyclic) bond motifs is 3. The van der Waals surface area contributed by atoms with E-state index >= 15 is 0 Å². The fourth-order valence-corrected chi connectivity index (χ4v) is 3.67. The topological polar surface area (TPSA) is 35.5 Å². The molecule has 1 heterocycles. The SMILES string of the molecule is C[C@H]1C(=O)C[C@@H]2C[C@H]3OC(C)(C)O[C@H]3[C@@H]21. The molecular formula is C12H18O3. The molecule has 0 unspecified atom stereocenters. The van der Waals surface area contributed by atoms with E-state index in [9.17, 15) is 4.79 Å². The van der Waals surface area contributed by atoms with Gasteiger partial charge in [-0.3, -0.25) is 4.79 Å². The summed E-state index contributed by atoms with van der Waals surface area (Å²) in [5.41, 5.74) is 0. The van der Waals surface area contributed by atoms with Gasteiger partial charge in [0.1, 0.15) is 5.78 Å². The van der Waals surface area contributed by atoms with Gasteiger partial charge in [-0.2, -0.15) is 0 Å². The summed E-state index contributed by atoms with van der Waals surface area (Å²) in [6.07, 6.45) is 2.14. The van der Waals surface area contributed by atoms with Gasteiger partial charge in [-0.05, 0) is 26.2 Å². The molecule has 15 heavy (non-hydrogen) atoms. The van der Waals surface area contributed by atoms with Crippen LogP contribution in [0.4, 0.5) is 0 Å². The maximum absolute atomic E-state index is 11.6. The lowest BCUT2D eigenvalue weighted by atomic mass is 9.91. The summed E-state index contributed by atoms with van der Waals surface area (Å²) in [6, 6.07) is 0. The van der Waals surface area contributed by atoms with Gasteiger partial charge in [0.05, 0.1) is 12.2 Å². The van der Waals surface area contributed by atoms with Gasteiger partial charge in [0.15, 0.2) is 5.79 Å². The van der Waals surface area contributed by atoms with E-state index in [4.69, 9.17) is 9.47 Å². The molecule has 0 bridgehead atoms. The molecule has 0 radical (unpaired) electrons. The lowest BCUT2D eigenvalue weighted by Crippen LogP contribution is -2.29. The highest BCUT2D eigenvalue weighted by Gasteiger charge is 2.58. The van der Waals surface area contributed by atoms with Crippen LogP contribution < -0.4 is 0 Å². The number of hydrogen-bond donors (Lipinski definition) is 0. The summed E-state index contributed by atoms with van der Waals surface area (Å²) in [4.78, 5) is 11.6. The van der Waals surface area contributed by atoms with Crippen molar-refractivity contribution in [1.82, 2.24) is 0 Å². The van der Waals surface area contributed by atoms with Gasteiger partial charge in [-0.15, -0.1) is 0 Å². The van der Waals surface area contributed by atoms with Crippen molar-refractivity contribution in [2.75, 3.05) is 0 Å². The Morgan fingerprint density at radius 1 is 1.33 bits per heavy atom. The van der Waals surface area contributed by atoms with Crippen molar-refractivity contribution in [3.63, 3.8) is 0 Å². The third kappa shape index (κ3) is 1.29. The Balaban J connectivity index is 1.85. The second-order valence-electron chi connectivity index (χ2n) is 5.67. The second-order valence-corrected chi connectivity index (χ2v) is 5.67. The molecule has 3 heteroatoms. The van der Waals surface area contributed by atoms with E-state index in [-0.39, 0.29) is 18.1 Å². The highest BCUT2D eigenvalue weighted by Crippen LogP contribution is 2.52. The maximum atomic E-state index is 11.6. The molecule has 1 aliphatic heterocycles. The molecule has 0 spiro atoms. The van der Waals surface area contributed by atoms with Crippen molar-refractivity contribution in [3.8, 4) is 0 Å². The Hall–Kier alpha value is -0.410. The van der Waals surface area contributed by atoms with Crippen molar-refractivity contribution < 1.29 is 14.3 Å². The van der Waals surface area contributed by atoms with Crippen LogP contribution in [0.15, 0.2) is 0 Å². The number of carbonyl (C=O) groups is 1. The molecule has 1 saturated heterocycles. The van der Waals surface area contributed by atoms with Gasteiger partial charge in [0, 0.05) is 18.3 Å². The van der Waals surface area contributed by atoms with Crippen LogP contribution >= 0.6 is 0 Å². The maximum Gasteiger partial charge on any atom is 0.163 e. The zero-order chi connectivity index (χ0) is 10.8. The Bertz CT molecular complexity index is 310. The first-order chi connectivity index (χ1) is 6.98. The van der Waals surface area contributed by atoms with Crippen molar-refractivity contribution in [1.29, 1.82) is 0 Å². The zero-order valence-electron chi connectivity index (χ0n) is 9.53. The van der Waals surface area contributed by atoms with Crippen molar-refractivity contribution in [2.24, 2.45) is 17.8 Å². The molecule has 0 amide bonds. The number of rotatable bonds is 0. The fourth-order valence-electron chi connectivity index (χ4n) is 3.67. The number of ether oxygens (including phenoxy) is 2. The fraction of sp³-hybridized carbons (Fsp3) is 0.917. The van der Waals surface area contributed by atoms with E-state index in [2.05, 4.69) is 0 Å². The van der Waals surface area contributed by atoms with Crippen LogP contribution in [0, 0.1) is 17.8 Å². The van der Waals surface area contributed by atoms with Crippen molar-refractivity contribution in [2.45, 2.75) is 51.6 Å². The molecule has 0 aromatic rings. The van der Waals surface area contributed by atoms with Crippen molar-refractivity contribution in [3.05, 3.63) is 0 Å². The summed E-state index contributed by atoms with van der Waals surface area (Å²) in [6.45, 7) is 5.97. The van der Waals surface area contributed by atoms with E-state index in [0.717, 1.165) is 12.8 Å². The van der Waals surface area contributed by atoms with Gasteiger partial charge < -0.3 is 9.47 Å². The summed E-state index contributed by atoms with van der Waals surface area (Å²) in [5, 5.41) is 0. The first kappa shape index (κ1) is 9.79. The Morgan fingerprint density at radius 2 is 2.07 bits per heavy atom. The average Bonchev–Trinajstić information content (AvgIpc) is 2.62. The lowest BCUT2D eigenvalue weighted by Gasteiger charge is -2.23. The molecule has 0 N–H and O–H groups in total. The van der Waals surface area contributed by atoms with Gasteiger partial charge in [-0.25, -0.2) is 0 Å². The van der Waals surface area contributed by atoms with Crippen LogP contribution in [0.25, 0.3) is 0 Å². The van der Waals surface area contributed by atoms with Crippen LogP contribution in [0.3, 0.4) is 0 Å². The van der Waals surface area contributed by atoms with E-state index in [1.54, 1.807) is 0 Å². The number of ketones is 1. The minimum absolute atomic E-state index is 0.159. The largest absolute Gasteiger partial charge is 0.345 e. The summed E-state index contributed by atoms with van der Waals surface area (Å²) >= 11 is 0. The Morgan fingerprint density at radius 3 is 2.80 bits per heavy atom. The second kappa shape index (κ2) is 2.83. The van der Waals surface area contributed by atoms with E-state index in [1.807, 2.05) is 20.8 Å². The molecule has 2 aliphatic carbocycles. The summed E-state index contributed by atoms with van der Waals surface area (Å²) in [7, 11) is 0. The van der Waals surface area contributed by atoms with Crippen LogP contribution in [0.2, 0.25) is 0 Å². The molecule has 5 atom stereocenters. The minimum Gasteiger partial charge on any atom is -0.345 e. The molecule has 0 aromatic heterocycles. The Labute approximate surface area is 90.1 Å². The summed E-state index contributed by atoms with van der Waals surface area (Å²) < 4.78 is 11.8. The van der Waals surface area contributed by atoms with Gasteiger partial charge in [0.2, 0.25) is 0 Å². The van der Waals surface area contributed by atoms with Gasteiger partial charge in [-0.1, -0.05) is 6.92 Å². The third-order valence-corrected chi connectivity index (χ3v) is 4.23. The van der Waals surface area contributed by atoms with Crippen molar-refractivity contribution >= 4 is 5.78 Å². The van der Waals surface area contributed by atoms with Crippen LogP contribution in [-0.4, -0.2) is 23.8 Å². The van der Waals surface area contributed by atoms with Crippen LogP contribution in [-0.2, 0) is 14.3 Å². The quantitative estimate of drug-likeness (QED) is 0.611. The standard InChI is InChI=1S/C12H18O3/c1-6-8(13)4-7-5-9-11(10(6)7)15-12(2,3)14-9/h6-7,9-11H,4-5H2,1-3H3/t6-,7+,9+,10+,11+/m0/s1. The lowest BCUT2D eigenvalue weighted by molar-refractivity contribution is -0.160. The van der Waals surface area contributed by atoms with Gasteiger partial charge in [0.25, 0.3) is 0 Å². The average molecular weight is 210 g/mol. The zero-order valence-corrected chi connectivity index (χ0v) is 9.53. The molecule has 2 saturated carbocycles. The molecule has 0 aromatic carbocycles. The minimum atomic E-state index is -0.453. The summed E-state index contributed by atoms with van der Waals surface area (Å²) in [5.74, 6) is 1.05. The predicted octanol–water partition coefficient (Wildman–Crippen LogP) is 1.75. The molecule has 3 aliphatic rings. The number of Topliss-reactive ketones (excluding diaryl/α,β-unsaturated/α-hetero) is 1. The molecule has 84 valence electrons. The smallest absolute Gasteiger partial charge is 0.163 e. The third-order valence-electron chi connectivity index (χ3n) is 4.23. The molecule has 3 nitrogen and oxygen atoms in total. The van der Waals surface area contributed by atoms with E-state index < -0.39 is 5.79 Å². The normalized spacial score (nSPS) is 51.9. The van der Waals surface area contributed by atoms with E-state index in [0.29, 0.717) is 17.6 Å². The molecular weight excluding hydrogens is 192 g/mol. The highest BCUT2D eigenvalue weighted by molar-refractivity contribution is 5.83. The highest BCUT2D eigenvalue weighted by atomic mass is 16.8. The first-order valence-electron chi connectivity index (χ1n) is 5.86. The Kier molecular flexibility index (Phi) is 1.85. The monoisotopic (exact) mass is 210 g/mol.